The van der Waals surface area contributed by atoms with Crippen LogP contribution in [0.5, 0.6) is 0 Å². The number of quaternary nitrogens is 1. The van der Waals surface area contributed by atoms with Crippen LogP contribution in [0.4, 0.5) is 0 Å². The van der Waals surface area contributed by atoms with E-state index in [1.165, 1.54) is 231 Å². The number of amides is 1. The van der Waals surface area contributed by atoms with Crippen LogP contribution in [-0.4, -0.2) is 73.4 Å². The molecule has 72 heavy (non-hydrogen) atoms. The summed E-state index contributed by atoms with van der Waals surface area (Å²) in [5.41, 5.74) is 0. The van der Waals surface area contributed by atoms with Crippen molar-refractivity contribution < 1.29 is 32.9 Å². The molecule has 0 heterocycles. The van der Waals surface area contributed by atoms with Crippen molar-refractivity contribution in [2.75, 3.05) is 40.9 Å². The molecule has 1 amide bonds. The Bertz CT molecular complexity index is 1310. The first-order chi connectivity index (χ1) is 35.0. The number of hydrogen-bond acceptors (Lipinski definition) is 5. The minimum atomic E-state index is -4.36. The van der Waals surface area contributed by atoms with Crippen molar-refractivity contribution in [3.05, 3.63) is 48.6 Å². The first-order valence-corrected chi connectivity index (χ1v) is 32.5. The normalized spacial score (nSPS) is 14.2. The van der Waals surface area contributed by atoms with Crippen molar-refractivity contribution in [3.8, 4) is 0 Å². The van der Waals surface area contributed by atoms with E-state index in [0.29, 0.717) is 17.4 Å². The Balaban J connectivity index is 4.00. The summed E-state index contributed by atoms with van der Waals surface area (Å²) < 4.78 is 23.7. The number of aliphatic hydroxyl groups excluding tert-OH is 1. The minimum absolute atomic E-state index is 0.0538. The molecule has 0 aliphatic heterocycles. The maximum Gasteiger partial charge on any atom is 0.472 e. The maximum absolute atomic E-state index is 13.0. The highest BCUT2D eigenvalue weighted by atomic mass is 31.2. The topological polar surface area (TPSA) is 105 Å². The average molecular weight is 1030 g/mol. The lowest BCUT2D eigenvalue weighted by atomic mass is 10.0. The molecule has 0 aromatic heterocycles. The zero-order chi connectivity index (χ0) is 52.7. The van der Waals surface area contributed by atoms with Crippen molar-refractivity contribution >= 4 is 13.7 Å². The first-order valence-electron chi connectivity index (χ1n) is 31.0. The molecule has 3 unspecified atom stereocenters. The first kappa shape index (κ1) is 70.5. The van der Waals surface area contributed by atoms with Gasteiger partial charge in [-0.1, -0.05) is 268 Å². The summed E-state index contributed by atoms with van der Waals surface area (Å²) in [6, 6.07) is -0.869. The Kier molecular flexibility index (Phi) is 53.1. The third-order valence-corrected chi connectivity index (χ3v) is 15.0. The Morgan fingerprint density at radius 1 is 0.458 bits per heavy atom. The number of aliphatic hydroxyl groups is 1. The van der Waals surface area contributed by atoms with Gasteiger partial charge in [0.05, 0.1) is 39.9 Å². The summed E-state index contributed by atoms with van der Waals surface area (Å²) >= 11 is 0. The van der Waals surface area contributed by atoms with Gasteiger partial charge in [-0.15, -0.1) is 0 Å². The fourth-order valence-corrected chi connectivity index (χ4v) is 9.87. The SMILES string of the molecule is CCCCCCC/C=C/CC/C=C/CC/C=C/C(O)C(COP(=O)(O)OCC[N+](C)(C)C)NC(=O)CCCCCCCCCCCCCCCCCCC/C=C\CCCCCCCCCCCCCCCC. The van der Waals surface area contributed by atoms with Gasteiger partial charge in [0.2, 0.25) is 5.91 Å². The maximum atomic E-state index is 13.0. The molecule has 3 atom stereocenters. The molecule has 8 nitrogen and oxygen atoms in total. The Hall–Kier alpha value is -1.54. The fraction of sp³-hybridized carbons (Fsp3) is 0.857. The summed E-state index contributed by atoms with van der Waals surface area (Å²) in [5.74, 6) is -0.188. The summed E-state index contributed by atoms with van der Waals surface area (Å²) in [5, 5.41) is 13.9. The molecular weight excluding hydrogens is 912 g/mol. The van der Waals surface area contributed by atoms with Gasteiger partial charge in [-0.2, -0.15) is 0 Å². The molecule has 0 fully saturated rings. The number of allylic oxidation sites excluding steroid dienone is 7. The summed E-state index contributed by atoms with van der Waals surface area (Å²) in [4.78, 5) is 23.3. The van der Waals surface area contributed by atoms with Gasteiger partial charge in [0.1, 0.15) is 13.2 Å². The Labute approximate surface area is 448 Å². The molecule has 0 aliphatic rings. The quantitative estimate of drug-likeness (QED) is 0.0243. The van der Waals surface area contributed by atoms with Crippen LogP contribution in [0, 0.1) is 0 Å². The zero-order valence-electron chi connectivity index (χ0n) is 48.4. The molecule has 9 heteroatoms. The molecule has 0 saturated carbocycles. The number of hydrogen-bond donors (Lipinski definition) is 3. The second-order valence-electron chi connectivity index (χ2n) is 22.4. The largest absolute Gasteiger partial charge is 0.472 e. The van der Waals surface area contributed by atoms with Crippen LogP contribution < -0.4 is 5.32 Å². The van der Waals surface area contributed by atoms with Gasteiger partial charge < -0.3 is 19.8 Å². The molecule has 0 bridgehead atoms. The lowest BCUT2D eigenvalue weighted by Crippen LogP contribution is -2.45. The summed E-state index contributed by atoms with van der Waals surface area (Å²) in [6.45, 7) is 4.80. The number of carbonyl (C=O) groups is 1. The van der Waals surface area contributed by atoms with Gasteiger partial charge >= 0.3 is 7.82 Å². The number of rotatable bonds is 57. The van der Waals surface area contributed by atoms with E-state index in [9.17, 15) is 19.4 Å². The summed E-state index contributed by atoms with van der Waals surface area (Å²) in [7, 11) is 1.55. The smallest absolute Gasteiger partial charge is 0.387 e. The molecule has 424 valence electrons. The van der Waals surface area contributed by atoms with Crippen LogP contribution in [0.15, 0.2) is 48.6 Å². The molecule has 3 N–H and O–H groups in total. The van der Waals surface area contributed by atoms with Gasteiger partial charge in [-0.05, 0) is 70.6 Å². The van der Waals surface area contributed by atoms with Crippen molar-refractivity contribution in [2.24, 2.45) is 0 Å². The molecule has 0 aliphatic carbocycles. The van der Waals surface area contributed by atoms with Crippen LogP contribution in [0.25, 0.3) is 0 Å². The van der Waals surface area contributed by atoms with E-state index >= 15 is 0 Å². The zero-order valence-corrected chi connectivity index (χ0v) is 49.3. The molecule has 0 radical (unpaired) electrons. The number of carbonyl (C=O) groups excluding carboxylic acids is 1. The van der Waals surface area contributed by atoms with Crippen LogP contribution in [0.3, 0.4) is 0 Å². The van der Waals surface area contributed by atoms with Crippen LogP contribution in [0.2, 0.25) is 0 Å². The summed E-state index contributed by atoms with van der Waals surface area (Å²) in [6.07, 6.45) is 72.5. The van der Waals surface area contributed by atoms with E-state index in [2.05, 4.69) is 55.6 Å². The number of unbranched alkanes of at least 4 members (excludes halogenated alkanes) is 38. The number of likely N-dealkylation sites (N-methyl/N-ethyl adjacent to an activating group) is 1. The minimum Gasteiger partial charge on any atom is -0.387 e. The van der Waals surface area contributed by atoms with Crippen molar-refractivity contribution in [1.29, 1.82) is 0 Å². The highest BCUT2D eigenvalue weighted by Gasteiger charge is 2.27. The van der Waals surface area contributed by atoms with Gasteiger partial charge in [0.25, 0.3) is 0 Å². The van der Waals surface area contributed by atoms with E-state index in [1.54, 1.807) is 6.08 Å². The van der Waals surface area contributed by atoms with Crippen LogP contribution in [0.1, 0.15) is 296 Å². The molecule has 0 spiro atoms. The number of phosphoric acid groups is 1. The average Bonchev–Trinajstić information content (AvgIpc) is 3.34. The molecular formula is C63H122N2O6P+. The van der Waals surface area contributed by atoms with Crippen molar-refractivity contribution in [1.82, 2.24) is 5.32 Å². The van der Waals surface area contributed by atoms with Crippen molar-refractivity contribution in [3.63, 3.8) is 0 Å². The van der Waals surface area contributed by atoms with E-state index in [4.69, 9.17) is 9.05 Å². The van der Waals surface area contributed by atoms with Gasteiger partial charge in [0.15, 0.2) is 0 Å². The van der Waals surface area contributed by atoms with Crippen molar-refractivity contribution in [2.45, 2.75) is 309 Å². The molecule has 0 saturated heterocycles. The fourth-order valence-electron chi connectivity index (χ4n) is 9.13. The Morgan fingerprint density at radius 3 is 1.11 bits per heavy atom. The second-order valence-corrected chi connectivity index (χ2v) is 23.9. The van der Waals surface area contributed by atoms with E-state index in [0.717, 1.165) is 44.9 Å². The number of nitrogens with one attached hydrogen (secondary N) is 1. The molecule has 0 aromatic carbocycles. The van der Waals surface area contributed by atoms with E-state index in [-0.39, 0.29) is 19.1 Å². The van der Waals surface area contributed by atoms with Crippen LogP contribution >= 0.6 is 7.82 Å². The van der Waals surface area contributed by atoms with Crippen LogP contribution in [-0.2, 0) is 18.4 Å². The third kappa shape index (κ3) is 56.2. The van der Waals surface area contributed by atoms with Gasteiger partial charge in [0, 0.05) is 6.42 Å². The van der Waals surface area contributed by atoms with E-state index in [1.807, 2.05) is 27.2 Å². The van der Waals surface area contributed by atoms with Gasteiger partial charge in [-0.3, -0.25) is 13.8 Å². The third-order valence-electron chi connectivity index (χ3n) is 14.0. The van der Waals surface area contributed by atoms with E-state index < -0.39 is 20.0 Å². The standard InChI is InChI=1S/C63H121N2O6P/c1-6-8-10-12-14-16-18-20-22-23-24-25-26-27-28-29-30-31-32-33-34-35-36-37-38-39-40-41-43-45-47-49-51-53-55-57-63(67)64-61(60-71-72(68,69)70-59-58-65(3,4)5)62(66)56-54-52-50-48-46-44-42-21-19-17-15-13-11-9-7-2/h19,21,29-30,46,48,54,56,61-62,66H,6-18,20,22-28,31-45,47,49-53,55,57-60H2,1-5H3,(H-,64,67,68,69)/p+1/b21-19+,30-29-,48-46+,56-54+. The number of nitrogens with zero attached hydrogens (tertiary/aromatic N) is 1. The highest BCUT2D eigenvalue weighted by molar-refractivity contribution is 7.47. The highest BCUT2D eigenvalue weighted by Crippen LogP contribution is 2.43. The lowest BCUT2D eigenvalue weighted by Gasteiger charge is -2.25. The molecule has 0 aromatic rings. The Morgan fingerprint density at radius 2 is 0.764 bits per heavy atom. The molecule has 0 rings (SSSR count). The second kappa shape index (κ2) is 54.3. The monoisotopic (exact) mass is 1030 g/mol. The number of phosphoric ester groups is 1. The lowest BCUT2D eigenvalue weighted by molar-refractivity contribution is -0.870. The van der Waals surface area contributed by atoms with Gasteiger partial charge in [-0.25, -0.2) is 4.57 Å². The predicted octanol–water partition coefficient (Wildman–Crippen LogP) is 19.1. The predicted molar refractivity (Wildman–Crippen MR) is 314 cm³/mol.